The summed E-state index contributed by atoms with van der Waals surface area (Å²) in [4.78, 5) is 0. The molecule has 1 aromatic rings. The van der Waals surface area contributed by atoms with Crippen molar-refractivity contribution in [1.82, 2.24) is 10.2 Å². The summed E-state index contributed by atoms with van der Waals surface area (Å²) in [7, 11) is 0. The normalized spacial score (nSPS) is 24.7. The maximum absolute atomic E-state index is 4.34. The van der Waals surface area contributed by atoms with Crippen molar-refractivity contribution in [2.75, 3.05) is 11.9 Å². The molecule has 0 fully saturated rings. The Morgan fingerprint density at radius 2 is 2.20 bits per heavy atom. The van der Waals surface area contributed by atoms with Crippen LogP contribution in [0.2, 0.25) is 0 Å². The summed E-state index contributed by atoms with van der Waals surface area (Å²) in [6, 6.07) is 2.16. The van der Waals surface area contributed by atoms with Crippen molar-refractivity contribution in [3.05, 3.63) is 17.3 Å². The third-order valence-corrected chi connectivity index (χ3v) is 3.05. The van der Waals surface area contributed by atoms with Crippen LogP contribution in [0.25, 0.3) is 0 Å². The average molecular weight is 205 g/mol. The fourth-order valence-electron chi connectivity index (χ4n) is 2.46. The maximum atomic E-state index is 4.34. The van der Waals surface area contributed by atoms with Crippen LogP contribution in [-0.2, 0) is 6.42 Å². The highest BCUT2D eigenvalue weighted by Gasteiger charge is 2.23. The third-order valence-electron chi connectivity index (χ3n) is 3.05. The molecule has 1 aliphatic carbocycles. The standard InChI is InChI=1S/C12H19N3/c1-4-13-11-7-10-6-8(2)5-9(3)12(10)15-14-11/h7-9H,4-6H2,1-3H3,(H,13,14). The minimum Gasteiger partial charge on any atom is -0.369 e. The SMILES string of the molecule is CCNc1cc2c(nn1)C(C)CC(C)C2. The molecule has 1 aromatic heterocycles. The summed E-state index contributed by atoms with van der Waals surface area (Å²) in [6.45, 7) is 7.54. The number of hydrogen-bond donors (Lipinski definition) is 1. The van der Waals surface area contributed by atoms with E-state index in [2.05, 4.69) is 42.4 Å². The zero-order valence-corrected chi connectivity index (χ0v) is 9.75. The van der Waals surface area contributed by atoms with Crippen LogP contribution < -0.4 is 5.32 Å². The molecule has 2 atom stereocenters. The number of fused-ring (bicyclic) bond motifs is 1. The van der Waals surface area contributed by atoms with Crippen molar-refractivity contribution in [2.45, 2.75) is 39.5 Å². The lowest BCUT2D eigenvalue weighted by Gasteiger charge is -2.25. The van der Waals surface area contributed by atoms with Gasteiger partial charge in [-0.15, -0.1) is 5.10 Å². The Balaban J connectivity index is 2.30. The Morgan fingerprint density at radius 3 is 2.93 bits per heavy atom. The minimum absolute atomic E-state index is 0.562. The predicted molar refractivity (Wildman–Crippen MR) is 62.1 cm³/mol. The molecule has 0 amide bonds. The molecule has 2 rings (SSSR count). The highest BCUT2D eigenvalue weighted by atomic mass is 15.2. The molecule has 2 unspecified atom stereocenters. The van der Waals surface area contributed by atoms with Gasteiger partial charge >= 0.3 is 0 Å². The van der Waals surface area contributed by atoms with Gasteiger partial charge in [-0.1, -0.05) is 13.8 Å². The fourth-order valence-corrected chi connectivity index (χ4v) is 2.46. The second-order valence-electron chi connectivity index (χ2n) is 4.62. The lowest BCUT2D eigenvalue weighted by Crippen LogP contribution is -2.18. The van der Waals surface area contributed by atoms with Crippen molar-refractivity contribution >= 4 is 5.82 Å². The van der Waals surface area contributed by atoms with Crippen LogP contribution in [0.5, 0.6) is 0 Å². The van der Waals surface area contributed by atoms with E-state index in [0.717, 1.165) is 24.7 Å². The van der Waals surface area contributed by atoms with E-state index in [1.807, 2.05) is 0 Å². The van der Waals surface area contributed by atoms with Gasteiger partial charge in [0.05, 0.1) is 5.69 Å². The van der Waals surface area contributed by atoms with Crippen molar-refractivity contribution in [3.63, 3.8) is 0 Å². The first-order chi connectivity index (χ1) is 7.20. The molecule has 0 radical (unpaired) electrons. The topological polar surface area (TPSA) is 37.8 Å². The number of nitrogens with zero attached hydrogens (tertiary/aromatic N) is 2. The summed E-state index contributed by atoms with van der Waals surface area (Å²) >= 11 is 0. The van der Waals surface area contributed by atoms with E-state index in [1.54, 1.807) is 0 Å². The number of aromatic nitrogens is 2. The Kier molecular flexibility index (Phi) is 2.89. The van der Waals surface area contributed by atoms with Crippen LogP contribution in [0.15, 0.2) is 6.07 Å². The maximum Gasteiger partial charge on any atom is 0.148 e. The van der Waals surface area contributed by atoms with Crippen molar-refractivity contribution in [3.8, 4) is 0 Å². The average Bonchev–Trinajstić information content (AvgIpc) is 2.17. The smallest absolute Gasteiger partial charge is 0.148 e. The molecule has 3 nitrogen and oxygen atoms in total. The summed E-state index contributed by atoms with van der Waals surface area (Å²) in [6.07, 6.45) is 2.38. The van der Waals surface area contributed by atoms with E-state index < -0.39 is 0 Å². The van der Waals surface area contributed by atoms with Crippen molar-refractivity contribution in [2.24, 2.45) is 5.92 Å². The lowest BCUT2D eigenvalue weighted by molar-refractivity contribution is 0.438. The van der Waals surface area contributed by atoms with Gasteiger partial charge in [0.15, 0.2) is 0 Å². The molecule has 0 spiro atoms. The number of hydrogen-bond acceptors (Lipinski definition) is 3. The van der Waals surface area contributed by atoms with Gasteiger partial charge in [0.25, 0.3) is 0 Å². The van der Waals surface area contributed by atoms with Crippen LogP contribution in [0.3, 0.4) is 0 Å². The molecule has 15 heavy (non-hydrogen) atoms. The summed E-state index contributed by atoms with van der Waals surface area (Å²) in [5, 5.41) is 11.8. The van der Waals surface area contributed by atoms with Gasteiger partial charge in [-0.3, -0.25) is 0 Å². The highest BCUT2D eigenvalue weighted by Crippen LogP contribution is 2.33. The van der Waals surface area contributed by atoms with Gasteiger partial charge in [-0.25, -0.2) is 0 Å². The van der Waals surface area contributed by atoms with E-state index in [-0.39, 0.29) is 0 Å². The molecule has 0 aromatic carbocycles. The Morgan fingerprint density at radius 1 is 1.40 bits per heavy atom. The van der Waals surface area contributed by atoms with E-state index in [9.17, 15) is 0 Å². The molecule has 0 saturated heterocycles. The molecular formula is C12H19N3. The fraction of sp³-hybridized carbons (Fsp3) is 0.667. The van der Waals surface area contributed by atoms with E-state index in [4.69, 9.17) is 0 Å². The Hall–Kier alpha value is -1.12. The van der Waals surface area contributed by atoms with Gasteiger partial charge in [0.2, 0.25) is 0 Å². The van der Waals surface area contributed by atoms with Crippen LogP contribution in [0.4, 0.5) is 5.82 Å². The third kappa shape index (κ3) is 2.11. The Bertz CT molecular complexity index is 349. The Labute approximate surface area is 91.3 Å². The molecule has 1 aliphatic rings. The summed E-state index contributed by atoms with van der Waals surface area (Å²) in [5.41, 5.74) is 2.59. The van der Waals surface area contributed by atoms with Crippen molar-refractivity contribution in [1.29, 1.82) is 0 Å². The predicted octanol–water partition coefficient (Wildman–Crippen LogP) is 2.59. The summed E-state index contributed by atoms with van der Waals surface area (Å²) < 4.78 is 0. The molecule has 0 saturated carbocycles. The second kappa shape index (κ2) is 4.17. The zero-order valence-electron chi connectivity index (χ0n) is 9.75. The first-order valence-electron chi connectivity index (χ1n) is 5.81. The van der Waals surface area contributed by atoms with Crippen LogP contribution in [0.1, 0.15) is 44.4 Å². The lowest BCUT2D eigenvalue weighted by atomic mass is 9.82. The highest BCUT2D eigenvalue weighted by molar-refractivity contribution is 5.40. The van der Waals surface area contributed by atoms with Gasteiger partial charge in [0, 0.05) is 12.5 Å². The molecule has 0 bridgehead atoms. The quantitative estimate of drug-likeness (QED) is 0.806. The molecule has 1 heterocycles. The van der Waals surface area contributed by atoms with Crippen LogP contribution in [-0.4, -0.2) is 16.7 Å². The van der Waals surface area contributed by atoms with Gasteiger partial charge in [-0.05, 0) is 37.3 Å². The minimum atomic E-state index is 0.562. The largest absolute Gasteiger partial charge is 0.369 e. The molecular weight excluding hydrogens is 186 g/mol. The van der Waals surface area contributed by atoms with Crippen LogP contribution in [0, 0.1) is 5.92 Å². The van der Waals surface area contributed by atoms with Crippen LogP contribution >= 0.6 is 0 Å². The number of rotatable bonds is 2. The molecule has 3 heteroatoms. The second-order valence-corrected chi connectivity index (χ2v) is 4.62. The van der Waals surface area contributed by atoms with E-state index in [1.165, 1.54) is 17.7 Å². The zero-order chi connectivity index (χ0) is 10.8. The summed E-state index contributed by atoms with van der Waals surface area (Å²) in [5.74, 6) is 2.25. The van der Waals surface area contributed by atoms with Gasteiger partial charge < -0.3 is 5.32 Å². The number of anilines is 1. The van der Waals surface area contributed by atoms with Crippen molar-refractivity contribution < 1.29 is 0 Å². The van der Waals surface area contributed by atoms with Gasteiger partial charge in [-0.2, -0.15) is 5.10 Å². The van der Waals surface area contributed by atoms with E-state index in [0.29, 0.717) is 5.92 Å². The first kappa shape index (κ1) is 10.4. The first-order valence-corrected chi connectivity index (χ1v) is 5.81. The number of nitrogens with one attached hydrogen (secondary N) is 1. The molecule has 82 valence electrons. The monoisotopic (exact) mass is 205 g/mol. The van der Waals surface area contributed by atoms with E-state index >= 15 is 0 Å². The van der Waals surface area contributed by atoms with Gasteiger partial charge in [0.1, 0.15) is 5.82 Å². The molecule has 1 N–H and O–H groups in total. The molecule has 0 aliphatic heterocycles.